The highest BCUT2D eigenvalue weighted by Crippen LogP contribution is 2.52. The van der Waals surface area contributed by atoms with E-state index in [0.29, 0.717) is 0 Å². The van der Waals surface area contributed by atoms with Crippen LogP contribution in [0.5, 0.6) is 0 Å². The molecule has 3 aliphatic carbocycles. The van der Waals surface area contributed by atoms with E-state index in [2.05, 4.69) is 0 Å². The summed E-state index contributed by atoms with van der Waals surface area (Å²) in [7, 11) is 0. The molecule has 2 saturated carbocycles. The number of hydrogen-bond donors (Lipinski definition) is 0. The number of carbonyl (C=O) groups excluding carboxylic acids is 2. The Balaban J connectivity index is 2.09. The summed E-state index contributed by atoms with van der Waals surface area (Å²) in [5.74, 6) is -4.42. The molecule has 0 aliphatic heterocycles. The number of carboxylic acids is 2. The van der Waals surface area contributed by atoms with Crippen LogP contribution in [0.4, 0.5) is 0 Å². The van der Waals surface area contributed by atoms with Crippen molar-refractivity contribution in [2.75, 3.05) is 0 Å². The van der Waals surface area contributed by atoms with Gasteiger partial charge in [0.25, 0.3) is 0 Å². The van der Waals surface area contributed by atoms with Gasteiger partial charge in [-0.1, -0.05) is 24.0 Å². The minimum atomic E-state index is -1.20. The lowest BCUT2D eigenvalue weighted by Gasteiger charge is -2.50. The van der Waals surface area contributed by atoms with Crippen LogP contribution in [0.3, 0.4) is 0 Å². The van der Waals surface area contributed by atoms with Crippen LogP contribution in [0, 0.1) is 23.7 Å². The lowest BCUT2D eigenvalue weighted by Crippen LogP contribution is -2.53. The molecule has 0 heterocycles. The minimum Gasteiger partial charge on any atom is -0.550 e. The summed E-state index contributed by atoms with van der Waals surface area (Å²) in [6.07, 6.45) is 7.61. The molecule has 0 aromatic rings. The molecule has 0 saturated heterocycles. The number of carbonyl (C=O) groups is 2. The Morgan fingerprint density at radius 2 is 1.15 bits per heavy atom. The first kappa shape index (κ1) is 13.7. The number of allylic oxidation sites excluding steroid dienone is 2. The van der Waals surface area contributed by atoms with Crippen LogP contribution in [0.15, 0.2) is 11.1 Å². The van der Waals surface area contributed by atoms with E-state index in [4.69, 9.17) is 0 Å². The number of carboxylic acid groups (broad SMARTS) is 2. The fourth-order valence-corrected chi connectivity index (χ4v) is 4.79. The summed E-state index contributed by atoms with van der Waals surface area (Å²) in [6.45, 7) is 0. The molecule has 4 atom stereocenters. The normalized spacial score (nSPS) is 37.0. The zero-order valence-electron chi connectivity index (χ0n) is 11.6. The smallest absolute Gasteiger partial charge is 0.0458 e. The summed E-state index contributed by atoms with van der Waals surface area (Å²) < 4.78 is 0. The Hall–Kier alpha value is -1.32. The molecule has 110 valence electrons. The van der Waals surface area contributed by atoms with Gasteiger partial charge in [0.1, 0.15) is 0 Å². The molecular weight excluding hydrogens is 256 g/mol. The molecule has 2 fully saturated rings. The van der Waals surface area contributed by atoms with E-state index >= 15 is 0 Å². The van der Waals surface area contributed by atoms with Gasteiger partial charge in [0.2, 0.25) is 0 Å². The van der Waals surface area contributed by atoms with Crippen LogP contribution in [0.2, 0.25) is 0 Å². The lowest BCUT2D eigenvalue weighted by molar-refractivity contribution is -0.331. The van der Waals surface area contributed by atoms with E-state index in [-0.39, 0.29) is 11.8 Å². The van der Waals surface area contributed by atoms with Crippen molar-refractivity contribution in [1.29, 1.82) is 0 Å². The van der Waals surface area contributed by atoms with Gasteiger partial charge in [0.15, 0.2) is 0 Å². The maximum Gasteiger partial charge on any atom is 0.0458 e. The third kappa shape index (κ3) is 2.05. The Kier molecular flexibility index (Phi) is 3.57. The van der Waals surface area contributed by atoms with Crippen molar-refractivity contribution in [2.24, 2.45) is 23.7 Å². The molecule has 0 bridgehead atoms. The standard InChI is InChI=1S/C16H22O4/c17-15(18)13-11-7-3-1-5-9(11)10-6-2-4-8-12(10)14(13)16(19)20/h11-14H,1-8H2,(H,17,18)(H,19,20)/p-2/t11-,12-,13+,14+/m1/s1. The van der Waals surface area contributed by atoms with E-state index in [1.165, 1.54) is 11.1 Å². The van der Waals surface area contributed by atoms with E-state index in [1.54, 1.807) is 0 Å². The molecule has 4 heteroatoms. The van der Waals surface area contributed by atoms with Crippen LogP contribution >= 0.6 is 0 Å². The quantitative estimate of drug-likeness (QED) is 0.684. The third-order valence-electron chi connectivity index (χ3n) is 5.53. The lowest BCUT2D eigenvalue weighted by atomic mass is 9.57. The number of aliphatic carboxylic acids is 2. The Bertz CT molecular complexity index is 423. The SMILES string of the molecule is O=C([O-])[C@@H]1[C@@H](C(=O)[O-])[C@@H]2CCCCC2=C2CCCC[C@H]21. The second-order valence-electron chi connectivity index (χ2n) is 6.44. The second kappa shape index (κ2) is 5.23. The zero-order valence-corrected chi connectivity index (χ0v) is 11.6. The summed E-state index contributed by atoms with van der Waals surface area (Å²) in [4.78, 5) is 23.1. The topological polar surface area (TPSA) is 80.3 Å². The van der Waals surface area contributed by atoms with Crippen molar-refractivity contribution >= 4 is 11.9 Å². The average molecular weight is 276 g/mol. The Labute approximate surface area is 118 Å². The molecule has 0 radical (unpaired) electrons. The number of rotatable bonds is 2. The molecule has 0 spiro atoms. The first-order valence-electron chi connectivity index (χ1n) is 7.74. The molecule has 0 N–H and O–H groups in total. The monoisotopic (exact) mass is 276 g/mol. The predicted molar refractivity (Wildman–Crippen MR) is 67.9 cm³/mol. The van der Waals surface area contributed by atoms with Crippen molar-refractivity contribution in [3.8, 4) is 0 Å². The van der Waals surface area contributed by atoms with Crippen LogP contribution < -0.4 is 10.2 Å². The molecule has 0 aromatic heterocycles. The van der Waals surface area contributed by atoms with E-state index in [9.17, 15) is 19.8 Å². The molecule has 0 amide bonds. The summed E-state index contributed by atoms with van der Waals surface area (Å²) in [6, 6.07) is 0. The van der Waals surface area contributed by atoms with Gasteiger partial charge in [-0.05, 0) is 50.4 Å². The highest BCUT2D eigenvalue weighted by Gasteiger charge is 2.46. The first-order valence-corrected chi connectivity index (χ1v) is 7.74. The molecule has 0 unspecified atom stereocenters. The highest BCUT2D eigenvalue weighted by molar-refractivity contribution is 5.80. The molecule has 20 heavy (non-hydrogen) atoms. The van der Waals surface area contributed by atoms with Gasteiger partial charge in [-0.15, -0.1) is 0 Å². The largest absolute Gasteiger partial charge is 0.550 e. The predicted octanol–water partition coefficient (Wildman–Crippen LogP) is 0.409. The molecule has 3 rings (SSSR count). The summed E-state index contributed by atoms with van der Waals surface area (Å²) in [5.41, 5.74) is 2.51. The van der Waals surface area contributed by atoms with Crippen molar-refractivity contribution in [3.63, 3.8) is 0 Å². The fourth-order valence-electron chi connectivity index (χ4n) is 4.79. The van der Waals surface area contributed by atoms with Crippen LogP contribution in [0.1, 0.15) is 51.4 Å². The minimum absolute atomic E-state index is 0.124. The van der Waals surface area contributed by atoms with Gasteiger partial charge >= 0.3 is 0 Å². The van der Waals surface area contributed by atoms with E-state index in [1.807, 2.05) is 0 Å². The van der Waals surface area contributed by atoms with Gasteiger partial charge in [-0.25, -0.2) is 0 Å². The van der Waals surface area contributed by atoms with Gasteiger partial charge in [0.05, 0.1) is 0 Å². The van der Waals surface area contributed by atoms with Gasteiger partial charge < -0.3 is 19.8 Å². The van der Waals surface area contributed by atoms with Crippen molar-refractivity contribution in [2.45, 2.75) is 51.4 Å². The van der Waals surface area contributed by atoms with E-state index < -0.39 is 23.8 Å². The Morgan fingerprint density at radius 3 is 1.50 bits per heavy atom. The third-order valence-corrected chi connectivity index (χ3v) is 5.53. The highest BCUT2D eigenvalue weighted by atomic mass is 16.4. The molecule has 3 aliphatic rings. The van der Waals surface area contributed by atoms with Crippen LogP contribution in [0.25, 0.3) is 0 Å². The van der Waals surface area contributed by atoms with E-state index in [0.717, 1.165) is 51.4 Å². The van der Waals surface area contributed by atoms with Gasteiger partial charge in [0, 0.05) is 23.8 Å². The van der Waals surface area contributed by atoms with Crippen LogP contribution in [-0.2, 0) is 9.59 Å². The van der Waals surface area contributed by atoms with Crippen molar-refractivity contribution < 1.29 is 19.8 Å². The maximum absolute atomic E-state index is 11.6. The van der Waals surface area contributed by atoms with Gasteiger partial charge in [-0.3, -0.25) is 0 Å². The summed E-state index contributed by atoms with van der Waals surface area (Å²) >= 11 is 0. The maximum atomic E-state index is 11.6. The van der Waals surface area contributed by atoms with Crippen molar-refractivity contribution in [3.05, 3.63) is 11.1 Å². The molecule has 0 aromatic carbocycles. The van der Waals surface area contributed by atoms with Crippen LogP contribution in [-0.4, -0.2) is 11.9 Å². The molecular formula is C16H20O4-2. The number of fused-ring (bicyclic) bond motifs is 2. The second-order valence-corrected chi connectivity index (χ2v) is 6.44. The summed E-state index contributed by atoms with van der Waals surface area (Å²) in [5, 5.41) is 23.1. The van der Waals surface area contributed by atoms with Crippen molar-refractivity contribution in [1.82, 2.24) is 0 Å². The average Bonchev–Trinajstić information content (AvgIpc) is 2.45. The molecule has 4 nitrogen and oxygen atoms in total. The van der Waals surface area contributed by atoms with Gasteiger partial charge in [-0.2, -0.15) is 0 Å². The first-order chi connectivity index (χ1) is 9.61. The fraction of sp³-hybridized carbons (Fsp3) is 0.750. The number of hydrogen-bond acceptors (Lipinski definition) is 4. The Morgan fingerprint density at radius 1 is 0.750 bits per heavy atom. The zero-order chi connectivity index (χ0) is 14.3.